The minimum absolute atomic E-state index is 0.326. The Morgan fingerprint density at radius 3 is 2.88 bits per heavy atom. The average Bonchev–Trinajstić information content (AvgIpc) is 3.26. The summed E-state index contributed by atoms with van der Waals surface area (Å²) in [5.41, 5.74) is 3.13. The Kier molecular flexibility index (Phi) is 4.09. The topological polar surface area (TPSA) is 109 Å². The number of pyridine rings is 1. The van der Waals surface area contributed by atoms with Crippen molar-refractivity contribution in [1.29, 1.82) is 0 Å². The van der Waals surface area contributed by atoms with E-state index in [2.05, 4.69) is 25.7 Å². The Labute approximate surface area is 148 Å². The van der Waals surface area contributed by atoms with Gasteiger partial charge in [0.1, 0.15) is 11.5 Å². The molecule has 2 atom stereocenters. The zero-order valence-electron chi connectivity index (χ0n) is 14.0. The first-order chi connectivity index (χ1) is 12.5. The number of tetrazole rings is 1. The van der Waals surface area contributed by atoms with Crippen molar-refractivity contribution in [1.82, 2.24) is 25.2 Å². The van der Waals surface area contributed by atoms with Crippen molar-refractivity contribution >= 4 is 5.69 Å². The molecule has 1 aromatic carbocycles. The van der Waals surface area contributed by atoms with Crippen LogP contribution in [0.3, 0.4) is 0 Å². The number of aliphatic hydroxyl groups is 2. The number of halogens is 1. The summed E-state index contributed by atoms with van der Waals surface area (Å²) in [7, 11) is 1.67. The molecule has 0 bridgehead atoms. The molecule has 1 aliphatic rings. The molecule has 4 rings (SSSR count). The number of nitrogens with zero attached hydrogens (tertiary/aromatic N) is 5. The number of aromatic nitrogens is 5. The fourth-order valence-electron chi connectivity index (χ4n) is 3.06. The smallest absolute Gasteiger partial charge is 0.223 e. The predicted molar refractivity (Wildman–Crippen MR) is 91.6 cm³/mol. The van der Waals surface area contributed by atoms with Crippen LogP contribution in [-0.2, 0) is 13.5 Å². The minimum atomic E-state index is -0.894. The summed E-state index contributed by atoms with van der Waals surface area (Å²) < 4.78 is 14.5. The van der Waals surface area contributed by atoms with E-state index in [1.54, 1.807) is 31.4 Å². The molecule has 0 amide bonds. The van der Waals surface area contributed by atoms with E-state index in [1.807, 2.05) is 0 Å². The van der Waals surface area contributed by atoms with Crippen LogP contribution in [0.25, 0.3) is 22.6 Å². The van der Waals surface area contributed by atoms with Gasteiger partial charge in [-0.05, 0) is 35.4 Å². The molecule has 3 N–H and O–H groups in total. The Balaban J connectivity index is 1.63. The van der Waals surface area contributed by atoms with E-state index in [1.165, 1.54) is 10.9 Å². The quantitative estimate of drug-likeness (QED) is 0.633. The zero-order valence-corrected chi connectivity index (χ0v) is 14.0. The van der Waals surface area contributed by atoms with E-state index in [9.17, 15) is 9.50 Å². The third-order valence-corrected chi connectivity index (χ3v) is 4.44. The van der Waals surface area contributed by atoms with Gasteiger partial charge in [-0.15, -0.1) is 10.2 Å². The third-order valence-electron chi connectivity index (χ3n) is 4.44. The van der Waals surface area contributed by atoms with Crippen molar-refractivity contribution in [2.24, 2.45) is 7.05 Å². The molecular weight excluding hydrogens is 339 g/mol. The van der Waals surface area contributed by atoms with Crippen LogP contribution in [0.4, 0.5) is 10.1 Å². The third kappa shape index (κ3) is 2.91. The number of hydrogen-bond acceptors (Lipinski definition) is 7. The van der Waals surface area contributed by atoms with Crippen LogP contribution in [0.1, 0.15) is 5.56 Å². The summed E-state index contributed by atoms with van der Waals surface area (Å²) >= 11 is 0. The molecule has 0 aliphatic carbocycles. The summed E-state index contributed by atoms with van der Waals surface area (Å²) in [6.45, 7) is -0.344. The maximum Gasteiger partial charge on any atom is 0.223 e. The minimum Gasteiger partial charge on any atom is -0.394 e. The van der Waals surface area contributed by atoms with Gasteiger partial charge in [-0.3, -0.25) is 4.98 Å². The first-order valence-electron chi connectivity index (χ1n) is 8.14. The SMILES string of the molecule is Cn1nnc(-c2ccc(-c3cc4c(cc3F)N[C@H]([C@@H](O)CO)C4)cn2)n1. The first-order valence-corrected chi connectivity index (χ1v) is 8.14. The average molecular weight is 356 g/mol. The van der Waals surface area contributed by atoms with E-state index in [4.69, 9.17) is 5.11 Å². The van der Waals surface area contributed by atoms with Crippen LogP contribution < -0.4 is 5.32 Å². The van der Waals surface area contributed by atoms with E-state index in [-0.39, 0.29) is 18.5 Å². The van der Waals surface area contributed by atoms with Crippen LogP contribution in [0.15, 0.2) is 30.5 Å². The van der Waals surface area contributed by atoms with Crippen molar-refractivity contribution < 1.29 is 14.6 Å². The number of aliphatic hydroxyl groups excluding tert-OH is 2. The number of fused-ring (bicyclic) bond motifs is 1. The first kappa shape index (κ1) is 16.6. The number of hydrogen-bond donors (Lipinski definition) is 3. The van der Waals surface area contributed by atoms with E-state index in [0.29, 0.717) is 34.8 Å². The number of nitrogens with one attached hydrogen (secondary N) is 1. The molecule has 3 heterocycles. The monoisotopic (exact) mass is 356 g/mol. The van der Waals surface area contributed by atoms with Crippen LogP contribution in [0.2, 0.25) is 0 Å². The summed E-state index contributed by atoms with van der Waals surface area (Å²) in [5, 5.41) is 33.7. The van der Waals surface area contributed by atoms with Gasteiger partial charge in [0.25, 0.3) is 0 Å². The Morgan fingerprint density at radius 1 is 1.38 bits per heavy atom. The van der Waals surface area contributed by atoms with E-state index in [0.717, 1.165) is 5.56 Å². The molecule has 1 aliphatic heterocycles. The molecule has 26 heavy (non-hydrogen) atoms. The standard InChI is InChI=1S/C17H17FN6O2/c1-24-22-17(21-23-24)13-3-2-9(7-19-13)11-4-10-5-15(16(26)8-25)20-14(10)6-12(11)18/h2-4,6-7,15-16,20,25-26H,5,8H2,1H3/t15-,16-/m0/s1. The lowest BCUT2D eigenvalue weighted by molar-refractivity contribution is 0.0812. The largest absolute Gasteiger partial charge is 0.394 e. The van der Waals surface area contributed by atoms with Crippen LogP contribution in [0.5, 0.6) is 0 Å². The second-order valence-corrected chi connectivity index (χ2v) is 6.23. The lowest BCUT2D eigenvalue weighted by atomic mass is 10.00. The molecule has 0 fully saturated rings. The highest BCUT2D eigenvalue weighted by Gasteiger charge is 2.27. The Bertz CT molecular complexity index is 943. The summed E-state index contributed by atoms with van der Waals surface area (Å²) in [5.74, 6) is 0.0149. The second kappa shape index (κ2) is 6.43. The number of rotatable bonds is 4. The number of anilines is 1. The van der Waals surface area contributed by atoms with Gasteiger partial charge in [0, 0.05) is 23.0 Å². The Morgan fingerprint density at radius 2 is 2.23 bits per heavy atom. The fourth-order valence-corrected chi connectivity index (χ4v) is 3.06. The van der Waals surface area contributed by atoms with Gasteiger partial charge in [0.05, 0.1) is 25.8 Å². The van der Waals surface area contributed by atoms with Crippen molar-refractivity contribution in [3.63, 3.8) is 0 Å². The van der Waals surface area contributed by atoms with Gasteiger partial charge in [-0.1, -0.05) is 6.07 Å². The fraction of sp³-hybridized carbons (Fsp3) is 0.294. The lowest BCUT2D eigenvalue weighted by Gasteiger charge is -2.15. The molecule has 0 unspecified atom stereocenters. The van der Waals surface area contributed by atoms with Gasteiger partial charge in [0.2, 0.25) is 5.82 Å². The Hall–Kier alpha value is -2.91. The van der Waals surface area contributed by atoms with Gasteiger partial charge < -0.3 is 15.5 Å². The normalized spacial score (nSPS) is 17.0. The molecule has 2 aromatic heterocycles. The molecule has 3 aromatic rings. The summed E-state index contributed by atoms with van der Waals surface area (Å²) in [6.07, 6.45) is 1.19. The van der Waals surface area contributed by atoms with Crippen molar-refractivity contribution in [2.75, 3.05) is 11.9 Å². The van der Waals surface area contributed by atoms with Crippen LogP contribution in [-0.4, -0.2) is 54.2 Å². The van der Waals surface area contributed by atoms with E-state index < -0.39 is 6.10 Å². The molecular formula is C17H17FN6O2. The van der Waals surface area contributed by atoms with Gasteiger partial charge in [-0.25, -0.2) is 4.39 Å². The molecule has 0 radical (unpaired) electrons. The molecule has 134 valence electrons. The second-order valence-electron chi connectivity index (χ2n) is 6.23. The van der Waals surface area contributed by atoms with Gasteiger partial charge >= 0.3 is 0 Å². The molecule has 0 spiro atoms. The van der Waals surface area contributed by atoms with Gasteiger partial charge in [-0.2, -0.15) is 4.80 Å². The predicted octanol–water partition coefficient (Wildman–Crippen LogP) is 0.768. The number of benzene rings is 1. The molecule has 9 heteroatoms. The van der Waals surface area contributed by atoms with Crippen molar-refractivity contribution in [3.8, 4) is 22.6 Å². The van der Waals surface area contributed by atoms with Crippen molar-refractivity contribution in [2.45, 2.75) is 18.6 Å². The van der Waals surface area contributed by atoms with Crippen LogP contribution in [0, 0.1) is 5.82 Å². The maximum atomic E-state index is 14.5. The highest BCUT2D eigenvalue weighted by molar-refractivity contribution is 5.71. The maximum absolute atomic E-state index is 14.5. The molecule has 8 nitrogen and oxygen atoms in total. The van der Waals surface area contributed by atoms with E-state index >= 15 is 0 Å². The highest BCUT2D eigenvalue weighted by atomic mass is 19.1. The summed E-state index contributed by atoms with van der Waals surface area (Å²) in [4.78, 5) is 5.64. The number of aryl methyl sites for hydroxylation is 1. The van der Waals surface area contributed by atoms with Gasteiger partial charge in [0.15, 0.2) is 0 Å². The highest BCUT2D eigenvalue weighted by Crippen LogP contribution is 2.34. The zero-order chi connectivity index (χ0) is 18.3. The molecule has 0 saturated carbocycles. The lowest BCUT2D eigenvalue weighted by Crippen LogP contribution is -2.34. The van der Waals surface area contributed by atoms with Crippen LogP contribution >= 0.6 is 0 Å². The summed E-state index contributed by atoms with van der Waals surface area (Å²) in [6, 6.07) is 6.31. The molecule has 0 saturated heterocycles. The van der Waals surface area contributed by atoms with Crippen molar-refractivity contribution in [3.05, 3.63) is 41.8 Å².